The normalized spacial score (nSPS) is 15.4. The molecule has 1 heterocycles. The molecule has 0 spiro atoms. The maximum Gasteiger partial charge on any atom is 0.292 e. The van der Waals surface area contributed by atoms with Crippen LogP contribution in [0.2, 0.25) is 0 Å². The van der Waals surface area contributed by atoms with Gasteiger partial charge in [0.15, 0.2) is 0 Å². The molecule has 0 aliphatic carbocycles. The highest BCUT2D eigenvalue weighted by Gasteiger charge is 2.23. The summed E-state index contributed by atoms with van der Waals surface area (Å²) in [6, 6.07) is 6.81. The summed E-state index contributed by atoms with van der Waals surface area (Å²) in [5.74, 6) is 0.0533. The van der Waals surface area contributed by atoms with Crippen molar-refractivity contribution in [2.45, 2.75) is 19.8 Å². The van der Waals surface area contributed by atoms with Crippen LogP contribution in [0, 0.1) is 10.1 Å². The zero-order valence-corrected chi connectivity index (χ0v) is 13.5. The van der Waals surface area contributed by atoms with Crippen LogP contribution in [0.1, 0.15) is 19.8 Å². The van der Waals surface area contributed by atoms with E-state index >= 15 is 0 Å². The number of nitro benzene ring substituents is 1. The average molecular weight is 320 g/mol. The lowest BCUT2D eigenvalue weighted by molar-refractivity contribution is -0.384. The second kappa shape index (κ2) is 8.47. The van der Waals surface area contributed by atoms with Gasteiger partial charge in [-0.1, -0.05) is 25.5 Å². The summed E-state index contributed by atoms with van der Waals surface area (Å²) in [5.41, 5.74) is 0.794. The third-order valence-electron chi connectivity index (χ3n) is 4.01. The number of carbonyl (C=O) groups is 1. The lowest BCUT2D eigenvalue weighted by Gasteiger charge is -2.35. The largest absolute Gasteiger partial charge is 0.363 e. The first-order valence-electron chi connectivity index (χ1n) is 8.09. The predicted octanol–water partition coefficient (Wildman–Crippen LogP) is 1.63. The van der Waals surface area contributed by atoms with Crippen molar-refractivity contribution in [3.63, 3.8) is 0 Å². The second-order valence-electron chi connectivity index (χ2n) is 5.71. The Morgan fingerprint density at radius 1 is 1.26 bits per heavy atom. The van der Waals surface area contributed by atoms with Gasteiger partial charge in [-0.15, -0.1) is 0 Å². The quantitative estimate of drug-likeness (QED) is 0.469. The average Bonchev–Trinajstić information content (AvgIpc) is 2.56. The SMILES string of the molecule is CCCCNC(=O)CN1CCN(c2ccccc2[N+](=O)[O-])CC1. The van der Waals surface area contributed by atoms with Crippen molar-refractivity contribution in [1.29, 1.82) is 0 Å². The summed E-state index contributed by atoms with van der Waals surface area (Å²) in [4.78, 5) is 26.7. The molecule has 1 aliphatic rings. The van der Waals surface area contributed by atoms with Crippen molar-refractivity contribution in [3.05, 3.63) is 34.4 Å². The van der Waals surface area contributed by atoms with Crippen LogP contribution in [-0.2, 0) is 4.79 Å². The number of hydrogen-bond acceptors (Lipinski definition) is 5. The first kappa shape index (κ1) is 17.2. The molecule has 1 aromatic carbocycles. The van der Waals surface area contributed by atoms with Gasteiger partial charge in [0.25, 0.3) is 5.69 Å². The van der Waals surface area contributed by atoms with Crippen LogP contribution in [0.4, 0.5) is 11.4 Å². The van der Waals surface area contributed by atoms with Crippen molar-refractivity contribution in [2.75, 3.05) is 44.2 Å². The van der Waals surface area contributed by atoms with E-state index in [9.17, 15) is 14.9 Å². The Hall–Kier alpha value is -2.15. The minimum Gasteiger partial charge on any atom is -0.363 e. The van der Waals surface area contributed by atoms with Gasteiger partial charge in [0.1, 0.15) is 5.69 Å². The molecule has 0 saturated carbocycles. The van der Waals surface area contributed by atoms with E-state index in [-0.39, 0.29) is 16.5 Å². The van der Waals surface area contributed by atoms with E-state index < -0.39 is 0 Å². The van der Waals surface area contributed by atoms with Crippen LogP contribution in [0.15, 0.2) is 24.3 Å². The van der Waals surface area contributed by atoms with Crippen LogP contribution >= 0.6 is 0 Å². The Morgan fingerprint density at radius 3 is 2.61 bits per heavy atom. The molecule has 0 aromatic heterocycles. The fourth-order valence-corrected chi connectivity index (χ4v) is 2.70. The minimum absolute atomic E-state index is 0.0533. The van der Waals surface area contributed by atoms with E-state index in [0.717, 1.165) is 32.5 Å². The molecule has 1 saturated heterocycles. The molecule has 1 aliphatic heterocycles. The number of unbranched alkanes of at least 4 members (excludes halogenated alkanes) is 1. The monoisotopic (exact) mass is 320 g/mol. The maximum atomic E-state index is 11.8. The van der Waals surface area contributed by atoms with E-state index in [0.29, 0.717) is 25.3 Å². The lowest BCUT2D eigenvalue weighted by Crippen LogP contribution is -2.49. The smallest absolute Gasteiger partial charge is 0.292 e. The van der Waals surface area contributed by atoms with Gasteiger partial charge in [-0.05, 0) is 12.5 Å². The third-order valence-corrected chi connectivity index (χ3v) is 4.01. The summed E-state index contributed by atoms with van der Waals surface area (Å²) in [6.45, 7) is 6.05. The van der Waals surface area contributed by atoms with Crippen LogP contribution < -0.4 is 10.2 Å². The number of nitrogens with one attached hydrogen (secondary N) is 1. The maximum absolute atomic E-state index is 11.8. The molecular weight excluding hydrogens is 296 g/mol. The van der Waals surface area contributed by atoms with Gasteiger partial charge in [0, 0.05) is 38.8 Å². The topological polar surface area (TPSA) is 78.7 Å². The molecule has 0 radical (unpaired) electrons. The Kier molecular flexibility index (Phi) is 6.34. The predicted molar refractivity (Wildman–Crippen MR) is 89.7 cm³/mol. The molecule has 1 aromatic rings. The van der Waals surface area contributed by atoms with E-state index in [1.54, 1.807) is 12.1 Å². The van der Waals surface area contributed by atoms with Gasteiger partial charge in [-0.2, -0.15) is 0 Å². The zero-order valence-electron chi connectivity index (χ0n) is 13.5. The number of anilines is 1. The molecule has 126 valence electrons. The zero-order chi connectivity index (χ0) is 16.7. The number of amides is 1. The fourth-order valence-electron chi connectivity index (χ4n) is 2.70. The molecule has 1 fully saturated rings. The fraction of sp³-hybridized carbons (Fsp3) is 0.562. The Balaban J connectivity index is 1.85. The number of nitro groups is 1. The molecule has 0 atom stereocenters. The van der Waals surface area contributed by atoms with Crippen molar-refractivity contribution in [1.82, 2.24) is 10.2 Å². The van der Waals surface area contributed by atoms with E-state index in [1.165, 1.54) is 6.07 Å². The van der Waals surface area contributed by atoms with E-state index in [2.05, 4.69) is 17.1 Å². The summed E-state index contributed by atoms with van der Waals surface area (Å²) in [7, 11) is 0. The number of rotatable bonds is 7. The van der Waals surface area contributed by atoms with Crippen molar-refractivity contribution in [2.24, 2.45) is 0 Å². The summed E-state index contributed by atoms with van der Waals surface area (Å²) < 4.78 is 0. The third kappa shape index (κ3) is 4.92. The molecular formula is C16H24N4O3. The summed E-state index contributed by atoms with van der Waals surface area (Å²) in [5, 5.41) is 14.0. The first-order valence-corrected chi connectivity index (χ1v) is 8.09. The van der Waals surface area contributed by atoms with Gasteiger partial charge in [0.2, 0.25) is 5.91 Å². The molecule has 2 rings (SSSR count). The Morgan fingerprint density at radius 2 is 1.96 bits per heavy atom. The molecule has 0 bridgehead atoms. The van der Waals surface area contributed by atoms with Crippen molar-refractivity contribution in [3.8, 4) is 0 Å². The Labute approximate surface area is 136 Å². The number of para-hydroxylation sites is 2. The summed E-state index contributed by atoms with van der Waals surface area (Å²) >= 11 is 0. The van der Waals surface area contributed by atoms with E-state index in [1.807, 2.05) is 11.0 Å². The van der Waals surface area contributed by atoms with Gasteiger partial charge in [-0.25, -0.2) is 0 Å². The molecule has 1 N–H and O–H groups in total. The number of hydrogen-bond donors (Lipinski definition) is 1. The first-order chi connectivity index (χ1) is 11.1. The molecule has 1 amide bonds. The highest BCUT2D eigenvalue weighted by Crippen LogP contribution is 2.28. The number of piperazine rings is 1. The van der Waals surface area contributed by atoms with Gasteiger partial charge >= 0.3 is 0 Å². The summed E-state index contributed by atoms with van der Waals surface area (Å²) in [6.07, 6.45) is 2.06. The molecule has 0 unspecified atom stereocenters. The van der Waals surface area contributed by atoms with Gasteiger partial charge in [0.05, 0.1) is 11.5 Å². The van der Waals surface area contributed by atoms with Gasteiger partial charge in [-0.3, -0.25) is 19.8 Å². The van der Waals surface area contributed by atoms with Crippen molar-refractivity contribution >= 4 is 17.3 Å². The minimum atomic E-state index is -0.344. The molecule has 23 heavy (non-hydrogen) atoms. The second-order valence-corrected chi connectivity index (χ2v) is 5.71. The van der Waals surface area contributed by atoms with Crippen LogP contribution in [0.3, 0.4) is 0 Å². The van der Waals surface area contributed by atoms with Gasteiger partial charge < -0.3 is 10.2 Å². The number of benzene rings is 1. The van der Waals surface area contributed by atoms with Crippen molar-refractivity contribution < 1.29 is 9.72 Å². The standard InChI is InChI=1S/C16H24N4O3/c1-2-3-8-17-16(21)13-18-9-11-19(12-10-18)14-6-4-5-7-15(14)20(22)23/h4-7H,2-3,8-13H2,1H3,(H,17,21). The molecule has 7 nitrogen and oxygen atoms in total. The van der Waals surface area contributed by atoms with Crippen LogP contribution in [-0.4, -0.2) is 55.0 Å². The van der Waals surface area contributed by atoms with Crippen LogP contribution in [0.25, 0.3) is 0 Å². The highest BCUT2D eigenvalue weighted by atomic mass is 16.6. The Bertz CT molecular complexity index is 542. The molecule has 7 heteroatoms. The van der Waals surface area contributed by atoms with Crippen LogP contribution in [0.5, 0.6) is 0 Å². The van der Waals surface area contributed by atoms with E-state index in [4.69, 9.17) is 0 Å². The lowest BCUT2D eigenvalue weighted by atomic mass is 10.2. The number of nitrogens with zero attached hydrogens (tertiary/aromatic N) is 3. The number of carbonyl (C=O) groups excluding carboxylic acids is 1. The highest BCUT2D eigenvalue weighted by molar-refractivity contribution is 5.78.